The van der Waals surface area contributed by atoms with Gasteiger partial charge in [-0.3, -0.25) is 10.1 Å². The molecule has 4 rings (SSSR count). The highest BCUT2D eigenvalue weighted by Gasteiger charge is 2.23. The Balaban J connectivity index is 1.40. The maximum atomic E-state index is 13.0. The maximum absolute atomic E-state index is 13.0. The van der Waals surface area contributed by atoms with Crippen molar-refractivity contribution in [2.75, 3.05) is 5.32 Å². The first kappa shape index (κ1) is 21.2. The molecule has 4 aromatic rings. The molecule has 0 fully saturated rings. The van der Waals surface area contributed by atoms with Crippen molar-refractivity contribution in [3.05, 3.63) is 83.9 Å². The monoisotopic (exact) mass is 475 g/mol. The van der Waals surface area contributed by atoms with Crippen molar-refractivity contribution in [1.82, 2.24) is 10.2 Å². The zero-order valence-corrected chi connectivity index (χ0v) is 18.1. The van der Waals surface area contributed by atoms with Crippen LogP contribution in [0.4, 0.5) is 9.52 Å². The summed E-state index contributed by atoms with van der Waals surface area (Å²) in [6.07, 6.45) is 0. The van der Waals surface area contributed by atoms with Crippen molar-refractivity contribution < 1.29 is 22.0 Å². The Hall–Kier alpha value is -3.02. The Morgan fingerprint density at radius 1 is 1.03 bits per heavy atom. The predicted octanol–water partition coefficient (Wildman–Crippen LogP) is 4.65. The Bertz CT molecular complexity index is 1300. The number of nitrogens with one attached hydrogen (secondary N) is 1. The number of nitrogens with zero attached hydrogens (tertiary/aromatic N) is 2. The molecule has 0 saturated carbocycles. The molecule has 0 bridgehead atoms. The molecule has 2 aromatic carbocycles. The van der Waals surface area contributed by atoms with Crippen LogP contribution >= 0.6 is 23.1 Å². The number of rotatable bonds is 7. The van der Waals surface area contributed by atoms with Crippen LogP contribution in [0.1, 0.15) is 16.1 Å². The van der Waals surface area contributed by atoms with Crippen LogP contribution in [0.3, 0.4) is 0 Å². The first-order valence-electron chi connectivity index (χ1n) is 8.84. The van der Waals surface area contributed by atoms with Crippen LogP contribution in [0.2, 0.25) is 0 Å². The highest BCUT2D eigenvalue weighted by molar-refractivity contribution is 8.00. The number of aromatic nitrogens is 2. The van der Waals surface area contributed by atoms with Crippen LogP contribution in [-0.4, -0.2) is 24.5 Å². The normalized spacial score (nSPS) is 11.4. The van der Waals surface area contributed by atoms with Gasteiger partial charge in [-0.25, -0.2) is 12.8 Å². The molecule has 1 amide bonds. The van der Waals surface area contributed by atoms with E-state index in [1.807, 2.05) is 0 Å². The molecular weight excluding hydrogens is 461 g/mol. The summed E-state index contributed by atoms with van der Waals surface area (Å²) in [7, 11) is -3.86. The van der Waals surface area contributed by atoms with E-state index in [0.717, 1.165) is 16.9 Å². The van der Waals surface area contributed by atoms with E-state index in [9.17, 15) is 17.6 Å². The quantitative estimate of drug-likeness (QED) is 0.307. The van der Waals surface area contributed by atoms with Crippen LogP contribution in [0.15, 0.2) is 85.5 Å². The molecule has 2 heterocycles. The number of amides is 1. The summed E-state index contributed by atoms with van der Waals surface area (Å²) in [6, 6.07) is 16.5. The molecule has 11 heteroatoms. The third kappa shape index (κ3) is 5.01. The topological polar surface area (TPSA) is 102 Å². The minimum Gasteiger partial charge on any atom is -0.439 e. The standard InChI is InChI=1S/C20H14FN3O4S3/c21-14-8-6-13(7-9-14)12-29-20-24-23-19(30-20)22-18(25)16-10-11-17(28-16)31(26,27)15-4-2-1-3-5-15/h1-11H,12H2,(H,22,23,25). The first-order valence-corrected chi connectivity index (χ1v) is 12.1. The van der Waals surface area contributed by atoms with Gasteiger partial charge in [-0.15, -0.1) is 10.2 Å². The number of hydrogen-bond donors (Lipinski definition) is 1. The van der Waals surface area contributed by atoms with E-state index >= 15 is 0 Å². The predicted molar refractivity (Wildman–Crippen MR) is 114 cm³/mol. The van der Waals surface area contributed by atoms with Crippen molar-refractivity contribution in [2.45, 2.75) is 20.1 Å². The maximum Gasteiger partial charge on any atom is 0.293 e. The zero-order valence-electron chi connectivity index (χ0n) is 15.7. The number of carbonyl (C=O) groups is 1. The summed E-state index contributed by atoms with van der Waals surface area (Å²) in [5.41, 5.74) is 0.926. The fourth-order valence-corrected chi connectivity index (χ4v) is 5.40. The summed E-state index contributed by atoms with van der Waals surface area (Å²) in [6.45, 7) is 0. The van der Waals surface area contributed by atoms with Gasteiger partial charge in [0, 0.05) is 5.75 Å². The van der Waals surface area contributed by atoms with Gasteiger partial charge in [-0.2, -0.15) is 0 Å². The Labute approximate surface area is 185 Å². The van der Waals surface area contributed by atoms with E-state index in [2.05, 4.69) is 15.5 Å². The Morgan fingerprint density at radius 2 is 1.77 bits per heavy atom. The van der Waals surface area contributed by atoms with Gasteiger partial charge in [0.05, 0.1) is 4.90 Å². The lowest BCUT2D eigenvalue weighted by molar-refractivity contribution is 0.0991. The molecule has 0 spiro atoms. The Morgan fingerprint density at radius 3 is 2.52 bits per heavy atom. The van der Waals surface area contributed by atoms with Gasteiger partial charge in [0.2, 0.25) is 20.1 Å². The van der Waals surface area contributed by atoms with Gasteiger partial charge in [-0.05, 0) is 42.0 Å². The smallest absolute Gasteiger partial charge is 0.293 e. The molecule has 0 aliphatic heterocycles. The highest BCUT2D eigenvalue weighted by Crippen LogP contribution is 2.29. The van der Waals surface area contributed by atoms with Crippen LogP contribution in [0, 0.1) is 5.82 Å². The molecule has 0 atom stereocenters. The van der Waals surface area contributed by atoms with Crippen LogP contribution in [-0.2, 0) is 15.6 Å². The SMILES string of the molecule is O=C(Nc1nnc(SCc2ccc(F)cc2)s1)c1ccc(S(=O)(=O)c2ccccc2)o1. The van der Waals surface area contributed by atoms with Crippen molar-refractivity contribution in [3.8, 4) is 0 Å². The largest absolute Gasteiger partial charge is 0.439 e. The number of benzene rings is 2. The van der Waals surface area contributed by atoms with E-state index in [1.54, 1.807) is 30.3 Å². The molecule has 31 heavy (non-hydrogen) atoms. The van der Waals surface area contributed by atoms with Crippen molar-refractivity contribution in [2.24, 2.45) is 0 Å². The number of halogens is 1. The van der Waals surface area contributed by atoms with Crippen LogP contribution in [0.25, 0.3) is 0 Å². The number of carbonyl (C=O) groups excluding carboxylic acids is 1. The van der Waals surface area contributed by atoms with Crippen LogP contribution < -0.4 is 5.32 Å². The van der Waals surface area contributed by atoms with Gasteiger partial charge < -0.3 is 4.42 Å². The molecule has 0 radical (unpaired) electrons. The second kappa shape index (κ2) is 9.00. The van der Waals surface area contributed by atoms with E-state index in [4.69, 9.17) is 4.42 Å². The highest BCUT2D eigenvalue weighted by atomic mass is 32.2. The lowest BCUT2D eigenvalue weighted by Gasteiger charge is -2.01. The molecule has 0 unspecified atom stereocenters. The molecule has 0 aliphatic rings. The lowest BCUT2D eigenvalue weighted by Crippen LogP contribution is -2.10. The van der Waals surface area contributed by atoms with Crippen LogP contribution in [0.5, 0.6) is 0 Å². The molecule has 1 N–H and O–H groups in total. The van der Waals surface area contributed by atoms with Crippen molar-refractivity contribution >= 4 is 44.0 Å². The number of sulfone groups is 1. The van der Waals surface area contributed by atoms with Gasteiger partial charge in [0.1, 0.15) is 5.82 Å². The van der Waals surface area contributed by atoms with Gasteiger partial charge in [0.15, 0.2) is 10.1 Å². The minimum atomic E-state index is -3.86. The average Bonchev–Trinajstić information content (AvgIpc) is 3.44. The third-order valence-corrected chi connectivity index (χ3v) is 7.71. The van der Waals surface area contributed by atoms with Gasteiger partial charge >= 0.3 is 0 Å². The van der Waals surface area contributed by atoms with E-state index in [-0.39, 0.29) is 26.7 Å². The fraction of sp³-hybridized carbons (Fsp3) is 0.0500. The van der Waals surface area contributed by atoms with E-state index in [1.165, 1.54) is 48.2 Å². The summed E-state index contributed by atoms with van der Waals surface area (Å²) in [5.74, 6) is -0.528. The van der Waals surface area contributed by atoms with Crippen molar-refractivity contribution in [1.29, 1.82) is 0 Å². The van der Waals surface area contributed by atoms with Gasteiger partial charge in [0.25, 0.3) is 5.91 Å². The lowest BCUT2D eigenvalue weighted by atomic mass is 10.2. The summed E-state index contributed by atoms with van der Waals surface area (Å²) >= 11 is 2.56. The zero-order chi connectivity index (χ0) is 21.8. The molecule has 2 aromatic heterocycles. The molecule has 7 nitrogen and oxygen atoms in total. The van der Waals surface area contributed by atoms with E-state index < -0.39 is 15.7 Å². The Kier molecular flexibility index (Phi) is 6.16. The summed E-state index contributed by atoms with van der Waals surface area (Å²) in [4.78, 5) is 12.5. The molecule has 0 saturated heterocycles. The molecule has 0 aliphatic carbocycles. The van der Waals surface area contributed by atoms with Crippen molar-refractivity contribution in [3.63, 3.8) is 0 Å². The second-order valence-corrected chi connectivity index (χ2v) is 10.3. The average molecular weight is 476 g/mol. The first-order chi connectivity index (χ1) is 14.9. The minimum absolute atomic E-state index is 0.0725. The van der Waals surface area contributed by atoms with E-state index in [0.29, 0.717) is 10.1 Å². The van der Waals surface area contributed by atoms with Gasteiger partial charge in [-0.1, -0.05) is 53.4 Å². The molecule has 158 valence electrons. The third-order valence-electron chi connectivity index (χ3n) is 4.03. The fourth-order valence-electron chi connectivity index (χ4n) is 2.51. The molecular formula is C20H14FN3O4S3. The number of anilines is 1. The summed E-state index contributed by atoms with van der Waals surface area (Å²) in [5, 5.41) is 10.4. The number of thioether (sulfide) groups is 1. The second-order valence-electron chi connectivity index (χ2n) is 6.18. The summed E-state index contributed by atoms with van der Waals surface area (Å²) < 4.78 is 44.0. The number of hydrogen-bond acceptors (Lipinski definition) is 8. The number of furan rings is 1.